The maximum absolute atomic E-state index is 13.2. The molecule has 1 fully saturated rings. The van der Waals surface area contributed by atoms with Gasteiger partial charge < -0.3 is 10.1 Å². The Kier molecular flexibility index (Phi) is 5.67. The summed E-state index contributed by atoms with van der Waals surface area (Å²) in [6.45, 7) is 3.07. The zero-order chi connectivity index (χ0) is 15.2. The second-order valence-corrected chi connectivity index (χ2v) is 5.55. The van der Waals surface area contributed by atoms with Crippen LogP contribution in [0, 0.1) is 11.6 Å². The lowest BCUT2D eigenvalue weighted by molar-refractivity contribution is -0.121. The minimum Gasteiger partial charge on any atom is -0.378 e. The second kappa shape index (κ2) is 7.50. The Morgan fingerprint density at radius 3 is 2.90 bits per heavy atom. The van der Waals surface area contributed by atoms with Crippen molar-refractivity contribution in [3.8, 4) is 0 Å². The zero-order valence-corrected chi connectivity index (χ0v) is 12.2. The van der Waals surface area contributed by atoms with Gasteiger partial charge in [0, 0.05) is 19.6 Å². The standard InChI is InChI=1S/C16H21F2NO2/c1-11(12-4-6-14(17)15(18)9-12)10-19-16(20)7-5-13-3-2-8-21-13/h4,6,9,11,13H,2-3,5,7-8,10H2,1H3,(H,19,20)/t11-,13-/m0/s1. The summed E-state index contributed by atoms with van der Waals surface area (Å²) in [5.41, 5.74) is 0.674. The Morgan fingerprint density at radius 2 is 2.24 bits per heavy atom. The minimum atomic E-state index is -0.857. The van der Waals surface area contributed by atoms with E-state index < -0.39 is 11.6 Å². The number of carbonyl (C=O) groups excluding carboxylic acids is 1. The van der Waals surface area contributed by atoms with Gasteiger partial charge >= 0.3 is 0 Å². The van der Waals surface area contributed by atoms with Crippen molar-refractivity contribution in [3.05, 3.63) is 35.4 Å². The predicted octanol–water partition coefficient (Wildman–Crippen LogP) is 3.14. The van der Waals surface area contributed by atoms with Gasteiger partial charge in [0.1, 0.15) is 0 Å². The van der Waals surface area contributed by atoms with E-state index in [4.69, 9.17) is 4.74 Å². The first-order valence-electron chi connectivity index (χ1n) is 7.39. The molecule has 2 rings (SSSR count). The number of nitrogens with one attached hydrogen (secondary N) is 1. The van der Waals surface area contributed by atoms with Crippen LogP contribution in [0.25, 0.3) is 0 Å². The van der Waals surface area contributed by atoms with Gasteiger partial charge in [0.05, 0.1) is 6.10 Å². The molecule has 1 N–H and O–H groups in total. The highest BCUT2D eigenvalue weighted by Crippen LogP contribution is 2.18. The predicted molar refractivity (Wildman–Crippen MR) is 76.0 cm³/mol. The topological polar surface area (TPSA) is 38.3 Å². The van der Waals surface area contributed by atoms with Crippen molar-refractivity contribution in [1.29, 1.82) is 0 Å². The molecule has 1 aliphatic rings. The minimum absolute atomic E-state index is 0.0278. The smallest absolute Gasteiger partial charge is 0.220 e. The quantitative estimate of drug-likeness (QED) is 0.876. The molecule has 0 aliphatic carbocycles. The van der Waals surface area contributed by atoms with Crippen molar-refractivity contribution in [2.24, 2.45) is 0 Å². The number of hydrogen-bond donors (Lipinski definition) is 1. The molecule has 1 heterocycles. The highest BCUT2D eigenvalue weighted by atomic mass is 19.2. The van der Waals surface area contributed by atoms with Gasteiger partial charge in [0.2, 0.25) is 5.91 Å². The van der Waals surface area contributed by atoms with E-state index in [9.17, 15) is 13.6 Å². The maximum Gasteiger partial charge on any atom is 0.220 e. The molecule has 0 radical (unpaired) electrons. The average Bonchev–Trinajstić information content (AvgIpc) is 2.98. The molecule has 0 unspecified atom stereocenters. The molecule has 0 saturated carbocycles. The molecular weight excluding hydrogens is 276 g/mol. The molecule has 0 bridgehead atoms. The van der Waals surface area contributed by atoms with Crippen LogP contribution in [0.5, 0.6) is 0 Å². The molecule has 1 amide bonds. The summed E-state index contributed by atoms with van der Waals surface area (Å²) in [7, 11) is 0. The number of halogens is 2. The highest BCUT2D eigenvalue weighted by Gasteiger charge is 2.17. The lowest BCUT2D eigenvalue weighted by Gasteiger charge is -2.14. The number of hydrogen-bond acceptors (Lipinski definition) is 2. The molecule has 0 aromatic heterocycles. The number of ether oxygens (including phenoxy) is 1. The third-order valence-electron chi connectivity index (χ3n) is 3.84. The SMILES string of the molecule is C[C@@H](CNC(=O)CC[C@@H]1CCCO1)c1ccc(F)c(F)c1. The van der Waals surface area contributed by atoms with Crippen molar-refractivity contribution in [1.82, 2.24) is 5.32 Å². The first-order valence-corrected chi connectivity index (χ1v) is 7.39. The Balaban J connectivity index is 1.73. The Morgan fingerprint density at radius 1 is 1.43 bits per heavy atom. The van der Waals surface area contributed by atoms with Crippen LogP contribution in [-0.2, 0) is 9.53 Å². The van der Waals surface area contributed by atoms with Gasteiger partial charge in [-0.25, -0.2) is 8.78 Å². The van der Waals surface area contributed by atoms with E-state index in [0.29, 0.717) is 18.5 Å². The monoisotopic (exact) mass is 297 g/mol. The van der Waals surface area contributed by atoms with Crippen LogP contribution in [0.2, 0.25) is 0 Å². The van der Waals surface area contributed by atoms with E-state index in [2.05, 4.69) is 5.32 Å². The van der Waals surface area contributed by atoms with E-state index in [-0.39, 0.29) is 17.9 Å². The number of carbonyl (C=O) groups is 1. The van der Waals surface area contributed by atoms with E-state index in [1.165, 1.54) is 6.07 Å². The Bertz CT molecular complexity index is 487. The van der Waals surface area contributed by atoms with E-state index in [1.54, 1.807) is 6.07 Å². The van der Waals surface area contributed by atoms with Crippen molar-refractivity contribution < 1.29 is 18.3 Å². The molecule has 21 heavy (non-hydrogen) atoms. The normalized spacial score (nSPS) is 19.5. The van der Waals surface area contributed by atoms with Crippen LogP contribution in [-0.4, -0.2) is 25.2 Å². The fraction of sp³-hybridized carbons (Fsp3) is 0.562. The summed E-state index contributed by atoms with van der Waals surface area (Å²) >= 11 is 0. The zero-order valence-electron chi connectivity index (χ0n) is 12.2. The average molecular weight is 297 g/mol. The molecule has 3 nitrogen and oxygen atoms in total. The van der Waals surface area contributed by atoms with Crippen LogP contribution >= 0.6 is 0 Å². The van der Waals surface area contributed by atoms with E-state index in [1.807, 2.05) is 6.92 Å². The van der Waals surface area contributed by atoms with Gasteiger partial charge in [-0.1, -0.05) is 13.0 Å². The van der Waals surface area contributed by atoms with Crippen molar-refractivity contribution in [2.45, 2.75) is 44.6 Å². The summed E-state index contributed by atoms with van der Waals surface area (Å²) in [6.07, 6.45) is 3.48. The number of benzene rings is 1. The van der Waals surface area contributed by atoms with Gasteiger partial charge in [0.25, 0.3) is 0 Å². The van der Waals surface area contributed by atoms with Crippen LogP contribution in [0.3, 0.4) is 0 Å². The number of amides is 1. The van der Waals surface area contributed by atoms with Crippen molar-refractivity contribution >= 4 is 5.91 Å². The Hall–Kier alpha value is -1.49. The fourth-order valence-corrected chi connectivity index (χ4v) is 2.46. The van der Waals surface area contributed by atoms with Crippen LogP contribution in [0.15, 0.2) is 18.2 Å². The molecule has 1 aromatic carbocycles. The summed E-state index contributed by atoms with van der Waals surface area (Å²) < 4.78 is 31.5. The molecular formula is C16H21F2NO2. The summed E-state index contributed by atoms with van der Waals surface area (Å²) in [5, 5.41) is 2.83. The largest absolute Gasteiger partial charge is 0.378 e. The first kappa shape index (κ1) is 15.9. The molecule has 116 valence electrons. The molecule has 0 spiro atoms. The van der Waals surface area contributed by atoms with E-state index >= 15 is 0 Å². The van der Waals surface area contributed by atoms with Crippen LogP contribution < -0.4 is 5.32 Å². The lowest BCUT2D eigenvalue weighted by atomic mass is 10.0. The van der Waals surface area contributed by atoms with Gasteiger partial charge in [-0.2, -0.15) is 0 Å². The molecule has 1 aliphatic heterocycles. The summed E-state index contributed by atoms with van der Waals surface area (Å²) in [4.78, 5) is 11.8. The molecule has 5 heteroatoms. The van der Waals surface area contributed by atoms with Gasteiger partial charge in [-0.15, -0.1) is 0 Å². The summed E-state index contributed by atoms with van der Waals surface area (Å²) in [6, 6.07) is 3.83. The number of rotatable bonds is 6. The van der Waals surface area contributed by atoms with Crippen molar-refractivity contribution in [3.63, 3.8) is 0 Å². The highest BCUT2D eigenvalue weighted by molar-refractivity contribution is 5.75. The fourth-order valence-electron chi connectivity index (χ4n) is 2.46. The second-order valence-electron chi connectivity index (χ2n) is 5.55. The van der Waals surface area contributed by atoms with Crippen molar-refractivity contribution in [2.75, 3.05) is 13.2 Å². The maximum atomic E-state index is 13.2. The lowest BCUT2D eigenvalue weighted by Crippen LogP contribution is -2.28. The third kappa shape index (κ3) is 4.77. The molecule has 1 saturated heterocycles. The first-order chi connectivity index (χ1) is 10.1. The van der Waals surface area contributed by atoms with Gasteiger partial charge in [-0.05, 0) is 42.9 Å². The van der Waals surface area contributed by atoms with Crippen LogP contribution in [0.4, 0.5) is 8.78 Å². The van der Waals surface area contributed by atoms with E-state index in [0.717, 1.165) is 31.9 Å². The Labute approximate surface area is 123 Å². The summed E-state index contributed by atoms with van der Waals surface area (Å²) in [5.74, 6) is -1.80. The van der Waals surface area contributed by atoms with Gasteiger partial charge in [-0.3, -0.25) is 4.79 Å². The third-order valence-corrected chi connectivity index (χ3v) is 3.84. The molecule has 2 atom stereocenters. The molecule has 1 aromatic rings. The van der Waals surface area contributed by atoms with Gasteiger partial charge in [0.15, 0.2) is 11.6 Å². The van der Waals surface area contributed by atoms with Crippen LogP contribution in [0.1, 0.15) is 44.1 Å².